The molecular weight excluding hydrogens is 162 g/mol. The van der Waals surface area contributed by atoms with E-state index in [1.165, 1.54) is 16.9 Å². The summed E-state index contributed by atoms with van der Waals surface area (Å²) in [6.07, 6.45) is 1.18. The zero-order valence-corrected chi connectivity index (χ0v) is 7.27. The van der Waals surface area contributed by atoms with E-state index >= 15 is 0 Å². The number of thiol groups is 1. The van der Waals surface area contributed by atoms with Crippen molar-refractivity contribution in [3.8, 4) is 0 Å². The Hall–Kier alpha value is 0.01000. The Labute approximate surface area is 69.9 Å². The maximum absolute atomic E-state index is 4.30. The van der Waals surface area contributed by atoms with Gasteiger partial charge in [-0.3, -0.25) is 0 Å². The average molecular weight is 171 g/mol. The molecule has 0 bridgehead atoms. The van der Waals surface area contributed by atoms with Gasteiger partial charge < -0.3 is 5.32 Å². The van der Waals surface area contributed by atoms with Crippen molar-refractivity contribution in [1.29, 1.82) is 0 Å². The third-order valence-electron chi connectivity index (χ3n) is 1.73. The summed E-state index contributed by atoms with van der Waals surface area (Å²) < 4.78 is 1.15. The molecule has 1 N–H and O–H groups in total. The Kier molecular flexibility index (Phi) is 1.72. The summed E-state index contributed by atoms with van der Waals surface area (Å²) in [6, 6.07) is 2.16. The fourth-order valence-electron chi connectivity index (χ4n) is 1.24. The van der Waals surface area contributed by atoms with Gasteiger partial charge in [0.25, 0.3) is 0 Å². The summed E-state index contributed by atoms with van der Waals surface area (Å²) >= 11 is 6.12. The first-order valence-corrected chi connectivity index (χ1v) is 4.64. The average Bonchev–Trinajstić information content (AvgIpc) is 2.27. The van der Waals surface area contributed by atoms with Crippen molar-refractivity contribution in [2.75, 3.05) is 6.54 Å². The van der Waals surface area contributed by atoms with Crippen molar-refractivity contribution < 1.29 is 0 Å². The Morgan fingerprint density at radius 2 is 2.50 bits per heavy atom. The summed E-state index contributed by atoms with van der Waals surface area (Å²) in [5, 5.41) is 3.33. The van der Waals surface area contributed by atoms with Gasteiger partial charge >= 0.3 is 0 Å². The highest BCUT2D eigenvalue weighted by atomic mass is 32.2. The lowest BCUT2D eigenvalue weighted by atomic mass is 10.1. The van der Waals surface area contributed by atoms with Crippen LogP contribution in [0.25, 0.3) is 0 Å². The van der Waals surface area contributed by atoms with Gasteiger partial charge in [0.2, 0.25) is 0 Å². The summed E-state index contributed by atoms with van der Waals surface area (Å²) in [7, 11) is 0. The highest BCUT2D eigenvalue weighted by molar-refractivity contribution is 7.82. The second kappa shape index (κ2) is 2.57. The fourth-order valence-corrected chi connectivity index (χ4v) is 2.64. The van der Waals surface area contributed by atoms with Gasteiger partial charge in [-0.1, -0.05) is 0 Å². The number of thiophene rings is 1. The molecule has 0 saturated heterocycles. The Morgan fingerprint density at radius 3 is 3.30 bits per heavy atom. The normalized spacial score (nSPS) is 16.9. The second-order valence-corrected chi connectivity index (χ2v) is 4.38. The lowest BCUT2D eigenvalue weighted by Gasteiger charge is -2.10. The van der Waals surface area contributed by atoms with Crippen LogP contribution < -0.4 is 5.32 Å². The molecule has 2 rings (SSSR count). The molecule has 3 heteroatoms. The van der Waals surface area contributed by atoms with E-state index < -0.39 is 0 Å². The van der Waals surface area contributed by atoms with Gasteiger partial charge in [0, 0.05) is 18.0 Å². The quantitative estimate of drug-likeness (QED) is 0.566. The molecule has 1 aliphatic heterocycles. The van der Waals surface area contributed by atoms with E-state index in [1.807, 2.05) is 11.3 Å². The number of hydrogen-bond acceptors (Lipinski definition) is 3. The van der Waals surface area contributed by atoms with Gasteiger partial charge in [-0.25, -0.2) is 0 Å². The first kappa shape index (κ1) is 6.70. The molecule has 1 aromatic rings. The van der Waals surface area contributed by atoms with E-state index in [1.54, 1.807) is 0 Å². The van der Waals surface area contributed by atoms with Crippen molar-refractivity contribution in [3.63, 3.8) is 0 Å². The summed E-state index contributed by atoms with van der Waals surface area (Å²) in [6.45, 7) is 2.16. The maximum Gasteiger partial charge on any atom is 0.0574 e. The molecule has 54 valence electrons. The SMILES string of the molecule is Sc1cc2c(s1)CCNC2. The molecule has 10 heavy (non-hydrogen) atoms. The van der Waals surface area contributed by atoms with Gasteiger partial charge in [-0.2, -0.15) is 0 Å². The summed E-state index contributed by atoms with van der Waals surface area (Å²) in [4.78, 5) is 1.52. The number of fused-ring (bicyclic) bond motifs is 1. The van der Waals surface area contributed by atoms with E-state index in [0.29, 0.717) is 0 Å². The highest BCUT2D eigenvalue weighted by Crippen LogP contribution is 2.27. The van der Waals surface area contributed by atoms with E-state index in [4.69, 9.17) is 0 Å². The predicted octanol–water partition coefficient (Wildman–Crippen LogP) is 1.68. The molecule has 0 atom stereocenters. The monoisotopic (exact) mass is 171 g/mol. The van der Waals surface area contributed by atoms with Crippen LogP contribution in [-0.4, -0.2) is 6.54 Å². The molecule has 0 aromatic carbocycles. The van der Waals surface area contributed by atoms with E-state index in [2.05, 4.69) is 24.0 Å². The van der Waals surface area contributed by atoms with Crippen molar-refractivity contribution in [2.24, 2.45) is 0 Å². The summed E-state index contributed by atoms with van der Waals surface area (Å²) in [5.41, 5.74) is 1.45. The van der Waals surface area contributed by atoms with Crippen LogP contribution >= 0.6 is 24.0 Å². The molecule has 2 heterocycles. The topological polar surface area (TPSA) is 12.0 Å². The standard InChI is InChI=1S/C7H9NS2/c9-7-3-5-4-8-2-1-6(5)10-7/h3,8-9H,1-2,4H2. The maximum atomic E-state index is 4.30. The largest absolute Gasteiger partial charge is 0.312 e. The van der Waals surface area contributed by atoms with Crippen molar-refractivity contribution in [1.82, 2.24) is 5.32 Å². The molecule has 0 amide bonds. The molecule has 1 nitrogen and oxygen atoms in total. The minimum atomic E-state index is 1.03. The molecule has 0 aliphatic carbocycles. The number of hydrogen-bond donors (Lipinski definition) is 2. The molecule has 0 unspecified atom stereocenters. The van der Waals surface area contributed by atoms with Gasteiger partial charge in [0.05, 0.1) is 4.21 Å². The van der Waals surface area contributed by atoms with Gasteiger partial charge in [0.1, 0.15) is 0 Å². The lowest BCUT2D eigenvalue weighted by molar-refractivity contribution is 0.652. The molecule has 0 saturated carbocycles. The molecule has 0 fully saturated rings. The van der Waals surface area contributed by atoms with E-state index in [9.17, 15) is 0 Å². The Balaban J connectivity index is 2.41. The first-order chi connectivity index (χ1) is 4.86. The van der Waals surface area contributed by atoms with Gasteiger partial charge in [-0.15, -0.1) is 24.0 Å². The molecular formula is C7H9NS2. The number of nitrogens with one attached hydrogen (secondary N) is 1. The molecule has 1 aromatic heterocycles. The first-order valence-electron chi connectivity index (χ1n) is 3.37. The lowest BCUT2D eigenvalue weighted by Crippen LogP contribution is -2.21. The fraction of sp³-hybridized carbons (Fsp3) is 0.429. The van der Waals surface area contributed by atoms with E-state index in [-0.39, 0.29) is 0 Å². The van der Waals surface area contributed by atoms with Crippen molar-refractivity contribution >= 4 is 24.0 Å². The second-order valence-electron chi connectivity index (χ2n) is 2.46. The molecule has 0 spiro atoms. The molecule has 1 aliphatic rings. The minimum absolute atomic E-state index is 1.03. The van der Waals surface area contributed by atoms with Crippen LogP contribution in [0.3, 0.4) is 0 Å². The van der Waals surface area contributed by atoms with Crippen LogP contribution in [0.4, 0.5) is 0 Å². The van der Waals surface area contributed by atoms with Crippen LogP contribution in [0.15, 0.2) is 10.3 Å². The van der Waals surface area contributed by atoms with Crippen molar-refractivity contribution in [2.45, 2.75) is 17.2 Å². The minimum Gasteiger partial charge on any atom is -0.312 e. The van der Waals surface area contributed by atoms with Crippen LogP contribution in [0.5, 0.6) is 0 Å². The van der Waals surface area contributed by atoms with Crippen LogP contribution in [-0.2, 0) is 13.0 Å². The third kappa shape index (κ3) is 1.09. The number of rotatable bonds is 0. The van der Waals surface area contributed by atoms with Crippen LogP contribution in [0, 0.1) is 0 Å². The highest BCUT2D eigenvalue weighted by Gasteiger charge is 2.10. The predicted molar refractivity (Wildman–Crippen MR) is 47.0 cm³/mol. The van der Waals surface area contributed by atoms with Gasteiger partial charge in [-0.05, 0) is 18.1 Å². The Bertz CT molecular complexity index is 218. The van der Waals surface area contributed by atoms with E-state index in [0.717, 1.165) is 17.3 Å². The van der Waals surface area contributed by atoms with Crippen molar-refractivity contribution in [3.05, 3.63) is 16.5 Å². The summed E-state index contributed by atoms with van der Waals surface area (Å²) in [5.74, 6) is 0. The van der Waals surface area contributed by atoms with Crippen LogP contribution in [0.2, 0.25) is 0 Å². The Morgan fingerprint density at radius 1 is 1.60 bits per heavy atom. The zero-order valence-electron chi connectivity index (χ0n) is 5.55. The third-order valence-corrected chi connectivity index (χ3v) is 3.17. The van der Waals surface area contributed by atoms with Crippen LogP contribution in [0.1, 0.15) is 10.4 Å². The smallest absolute Gasteiger partial charge is 0.0574 e. The zero-order chi connectivity index (χ0) is 6.97. The van der Waals surface area contributed by atoms with Gasteiger partial charge in [0.15, 0.2) is 0 Å². The molecule has 0 radical (unpaired) electrons.